The van der Waals surface area contributed by atoms with E-state index in [9.17, 15) is 0 Å². The lowest BCUT2D eigenvalue weighted by molar-refractivity contribution is 1.20. The normalized spacial score (nSPS) is 9.17. The molecule has 64 valence electrons. The average molecular weight is 180 g/mol. The number of rotatable bonds is 2. The molecule has 0 aliphatic carbocycles. The summed E-state index contributed by atoms with van der Waals surface area (Å²) >= 11 is 5.12. The molecule has 0 unspecified atom stereocenters. The Balaban J connectivity index is 3.04. The van der Waals surface area contributed by atoms with Crippen LogP contribution in [-0.4, -0.2) is 19.1 Å². The number of hydrogen-bond acceptors (Lipinski definition) is 2. The smallest absolute Gasteiger partial charge is 0.108 e. The van der Waals surface area contributed by atoms with Crippen molar-refractivity contribution in [3.8, 4) is 0 Å². The maximum atomic E-state index is 5.12. The van der Waals surface area contributed by atoms with Crippen LogP contribution >= 0.6 is 12.2 Å². The van der Waals surface area contributed by atoms with E-state index in [1.165, 1.54) is 0 Å². The van der Waals surface area contributed by atoms with E-state index >= 15 is 0 Å². The second-order valence-corrected chi connectivity index (χ2v) is 2.78. The van der Waals surface area contributed by atoms with Gasteiger partial charge in [0.1, 0.15) is 4.99 Å². The Bertz CT molecular complexity index is 284. The van der Waals surface area contributed by atoms with Crippen molar-refractivity contribution >= 4 is 22.9 Å². The van der Waals surface area contributed by atoms with Crippen LogP contribution in [0.4, 0.5) is 5.69 Å². The highest BCUT2D eigenvalue weighted by atomic mass is 32.1. The lowest BCUT2D eigenvalue weighted by atomic mass is 10.2. The monoisotopic (exact) mass is 180 g/mol. The molecule has 0 atom stereocenters. The van der Waals surface area contributed by atoms with Gasteiger partial charge in [0.05, 0.1) is 0 Å². The number of nitrogens with one attached hydrogen (secondary N) is 2. The van der Waals surface area contributed by atoms with Crippen molar-refractivity contribution in [3.05, 3.63) is 29.8 Å². The average Bonchev–Trinajstić information content (AvgIpc) is 2.16. The van der Waals surface area contributed by atoms with Gasteiger partial charge in [-0.2, -0.15) is 0 Å². The Hall–Kier alpha value is -1.09. The molecule has 1 rings (SSSR count). The van der Waals surface area contributed by atoms with Crippen molar-refractivity contribution in [2.45, 2.75) is 0 Å². The fourth-order valence-corrected chi connectivity index (χ4v) is 1.21. The summed E-state index contributed by atoms with van der Waals surface area (Å²) in [5.41, 5.74) is 2.09. The highest BCUT2D eigenvalue weighted by Crippen LogP contribution is 2.13. The Morgan fingerprint density at radius 1 is 1.25 bits per heavy atom. The van der Waals surface area contributed by atoms with Gasteiger partial charge in [-0.1, -0.05) is 24.4 Å². The molecule has 2 N–H and O–H groups in total. The quantitative estimate of drug-likeness (QED) is 0.676. The summed E-state index contributed by atoms with van der Waals surface area (Å²) < 4.78 is 0. The van der Waals surface area contributed by atoms with Crippen LogP contribution in [-0.2, 0) is 0 Å². The Morgan fingerprint density at radius 2 is 1.92 bits per heavy atom. The molecule has 0 aromatic heterocycles. The maximum absolute atomic E-state index is 5.12. The van der Waals surface area contributed by atoms with Gasteiger partial charge in [-0.25, -0.2) is 0 Å². The Morgan fingerprint density at radius 3 is 2.50 bits per heavy atom. The van der Waals surface area contributed by atoms with E-state index in [-0.39, 0.29) is 0 Å². The van der Waals surface area contributed by atoms with Gasteiger partial charge in [0, 0.05) is 25.3 Å². The molecule has 0 heterocycles. The first-order chi connectivity index (χ1) is 5.79. The van der Waals surface area contributed by atoms with E-state index in [1.807, 2.05) is 38.4 Å². The zero-order valence-corrected chi connectivity index (χ0v) is 8.03. The first-order valence-electron chi connectivity index (χ1n) is 3.78. The molecule has 1 aromatic carbocycles. The minimum Gasteiger partial charge on any atom is -0.388 e. The zero-order chi connectivity index (χ0) is 8.97. The third kappa shape index (κ3) is 1.74. The number of thiocarbonyl (C=S) groups is 1. The van der Waals surface area contributed by atoms with Crippen LogP contribution in [0.1, 0.15) is 5.56 Å². The highest BCUT2D eigenvalue weighted by Gasteiger charge is 2.02. The van der Waals surface area contributed by atoms with Crippen molar-refractivity contribution < 1.29 is 0 Å². The van der Waals surface area contributed by atoms with Crippen LogP contribution in [0.2, 0.25) is 0 Å². The van der Waals surface area contributed by atoms with Gasteiger partial charge in [0.25, 0.3) is 0 Å². The van der Waals surface area contributed by atoms with Crippen LogP contribution in [0, 0.1) is 0 Å². The second kappa shape index (κ2) is 4.07. The van der Waals surface area contributed by atoms with Gasteiger partial charge in [-0.15, -0.1) is 0 Å². The molecule has 2 nitrogen and oxygen atoms in total. The summed E-state index contributed by atoms with van der Waals surface area (Å²) in [5, 5.41) is 6.03. The third-order valence-electron chi connectivity index (χ3n) is 1.67. The van der Waals surface area contributed by atoms with Crippen molar-refractivity contribution in [1.82, 2.24) is 5.32 Å². The molecule has 3 heteroatoms. The SMILES string of the molecule is CNC(=S)c1ccccc1NC. The van der Waals surface area contributed by atoms with Gasteiger partial charge in [0.2, 0.25) is 0 Å². The molecule has 0 aliphatic rings. The summed E-state index contributed by atoms with van der Waals surface area (Å²) in [5.74, 6) is 0. The first kappa shape index (κ1) is 9.00. The maximum Gasteiger partial charge on any atom is 0.108 e. The molecule has 0 saturated heterocycles. The Kier molecular flexibility index (Phi) is 3.05. The van der Waals surface area contributed by atoms with Gasteiger partial charge < -0.3 is 10.6 Å². The molecule has 1 aromatic rings. The topological polar surface area (TPSA) is 24.1 Å². The largest absolute Gasteiger partial charge is 0.388 e. The molecule has 0 radical (unpaired) electrons. The van der Waals surface area contributed by atoms with Crippen LogP contribution in [0.15, 0.2) is 24.3 Å². The van der Waals surface area contributed by atoms with Crippen LogP contribution in [0.3, 0.4) is 0 Å². The van der Waals surface area contributed by atoms with Gasteiger partial charge in [-0.05, 0) is 12.1 Å². The molecule has 0 aliphatic heterocycles. The lowest BCUT2D eigenvalue weighted by Crippen LogP contribution is -2.17. The molecule has 0 saturated carbocycles. The Labute approximate surface area is 78.0 Å². The molecule has 0 fully saturated rings. The van der Waals surface area contributed by atoms with Crippen molar-refractivity contribution in [3.63, 3.8) is 0 Å². The van der Waals surface area contributed by atoms with Crippen molar-refractivity contribution in [2.75, 3.05) is 19.4 Å². The van der Waals surface area contributed by atoms with E-state index in [0.717, 1.165) is 16.2 Å². The molecular formula is C9H12N2S. The number of benzene rings is 1. The molecule has 12 heavy (non-hydrogen) atoms. The van der Waals surface area contributed by atoms with E-state index < -0.39 is 0 Å². The summed E-state index contributed by atoms with van der Waals surface area (Å²) in [6, 6.07) is 7.94. The molecule has 0 amide bonds. The van der Waals surface area contributed by atoms with E-state index in [4.69, 9.17) is 12.2 Å². The fraction of sp³-hybridized carbons (Fsp3) is 0.222. The van der Waals surface area contributed by atoms with E-state index in [1.54, 1.807) is 0 Å². The summed E-state index contributed by atoms with van der Waals surface area (Å²) in [4.78, 5) is 0.764. The van der Waals surface area contributed by atoms with Crippen LogP contribution in [0.25, 0.3) is 0 Å². The minimum atomic E-state index is 0.764. The molecule has 0 spiro atoms. The predicted molar refractivity (Wildman–Crippen MR) is 56.7 cm³/mol. The third-order valence-corrected chi connectivity index (χ3v) is 2.09. The standard InChI is InChI=1S/C9H12N2S/c1-10-8-6-4-3-5-7(8)9(12)11-2/h3-6,10H,1-2H3,(H,11,12). The fourth-order valence-electron chi connectivity index (χ4n) is 1.03. The number of hydrogen-bond donors (Lipinski definition) is 2. The number of anilines is 1. The summed E-state index contributed by atoms with van der Waals surface area (Å²) in [6.07, 6.45) is 0. The highest BCUT2D eigenvalue weighted by molar-refractivity contribution is 7.80. The van der Waals surface area contributed by atoms with Crippen molar-refractivity contribution in [1.29, 1.82) is 0 Å². The van der Waals surface area contributed by atoms with Crippen molar-refractivity contribution in [2.24, 2.45) is 0 Å². The second-order valence-electron chi connectivity index (χ2n) is 2.37. The molecule has 0 bridgehead atoms. The molecular weight excluding hydrogens is 168 g/mol. The minimum absolute atomic E-state index is 0.764. The van der Waals surface area contributed by atoms with Crippen LogP contribution in [0.5, 0.6) is 0 Å². The summed E-state index contributed by atoms with van der Waals surface area (Å²) in [7, 11) is 3.71. The van der Waals surface area contributed by atoms with Gasteiger partial charge in [-0.3, -0.25) is 0 Å². The lowest BCUT2D eigenvalue weighted by Gasteiger charge is -2.08. The van der Waals surface area contributed by atoms with Gasteiger partial charge in [0.15, 0.2) is 0 Å². The van der Waals surface area contributed by atoms with Gasteiger partial charge >= 0.3 is 0 Å². The van der Waals surface area contributed by atoms with Crippen LogP contribution < -0.4 is 10.6 Å². The predicted octanol–water partition coefficient (Wildman–Crippen LogP) is 1.62. The zero-order valence-electron chi connectivity index (χ0n) is 7.22. The number of para-hydroxylation sites is 1. The summed E-state index contributed by atoms with van der Waals surface area (Å²) in [6.45, 7) is 0. The van der Waals surface area contributed by atoms with E-state index in [2.05, 4.69) is 10.6 Å². The first-order valence-corrected chi connectivity index (χ1v) is 4.19. The van der Waals surface area contributed by atoms with E-state index in [0.29, 0.717) is 0 Å².